The van der Waals surface area contributed by atoms with Gasteiger partial charge in [0.25, 0.3) is 0 Å². The highest BCUT2D eigenvalue weighted by atomic mass is 16.3. The van der Waals surface area contributed by atoms with Crippen LogP contribution in [0.4, 0.5) is 5.95 Å². The van der Waals surface area contributed by atoms with Crippen molar-refractivity contribution in [3.63, 3.8) is 0 Å². The van der Waals surface area contributed by atoms with E-state index in [1.165, 1.54) is 0 Å². The van der Waals surface area contributed by atoms with Gasteiger partial charge in [-0.2, -0.15) is 9.97 Å². The second-order valence-corrected chi connectivity index (χ2v) is 3.68. The maximum absolute atomic E-state index is 5.70. The standard InChI is InChI=1S/C13H10N4O/c14-13-16-11(9-5-2-1-3-6-9)15-12(17-13)10-7-4-8-18-10/h1-8H,(H2,14,15,16,17). The zero-order valence-corrected chi connectivity index (χ0v) is 9.45. The van der Waals surface area contributed by atoms with Crippen LogP contribution in [0.5, 0.6) is 0 Å². The zero-order valence-electron chi connectivity index (χ0n) is 9.45. The van der Waals surface area contributed by atoms with Crippen LogP contribution >= 0.6 is 0 Å². The monoisotopic (exact) mass is 238 g/mol. The second-order valence-electron chi connectivity index (χ2n) is 3.68. The van der Waals surface area contributed by atoms with Crippen molar-refractivity contribution in [1.29, 1.82) is 0 Å². The molecule has 18 heavy (non-hydrogen) atoms. The lowest BCUT2D eigenvalue weighted by molar-refractivity contribution is 0.577. The Bertz CT molecular complexity index is 650. The number of hydrogen-bond donors (Lipinski definition) is 1. The molecular formula is C13H10N4O. The molecule has 0 radical (unpaired) electrons. The minimum atomic E-state index is 0.176. The summed E-state index contributed by atoms with van der Waals surface area (Å²) < 4.78 is 5.26. The average Bonchev–Trinajstić information content (AvgIpc) is 2.93. The lowest BCUT2D eigenvalue weighted by atomic mass is 10.2. The molecule has 88 valence electrons. The normalized spacial score (nSPS) is 10.4. The molecule has 0 aliphatic heterocycles. The first-order valence-electron chi connectivity index (χ1n) is 5.44. The lowest BCUT2D eigenvalue weighted by Crippen LogP contribution is -2.01. The molecule has 2 aromatic heterocycles. The SMILES string of the molecule is Nc1nc(-c2ccccc2)nc(-c2ccco2)n1. The van der Waals surface area contributed by atoms with Crippen molar-refractivity contribution in [2.45, 2.75) is 0 Å². The fourth-order valence-corrected chi connectivity index (χ4v) is 1.62. The Morgan fingerprint density at radius 1 is 0.833 bits per heavy atom. The summed E-state index contributed by atoms with van der Waals surface area (Å²) in [6, 6.07) is 13.2. The van der Waals surface area contributed by atoms with Gasteiger partial charge in [0.1, 0.15) is 0 Å². The minimum absolute atomic E-state index is 0.176. The number of nitrogens with two attached hydrogens (primary N) is 1. The molecule has 3 rings (SSSR count). The topological polar surface area (TPSA) is 77.8 Å². The van der Waals surface area contributed by atoms with E-state index < -0.39 is 0 Å². The van der Waals surface area contributed by atoms with E-state index in [0.29, 0.717) is 17.4 Å². The van der Waals surface area contributed by atoms with Crippen molar-refractivity contribution in [3.05, 3.63) is 48.7 Å². The lowest BCUT2D eigenvalue weighted by Gasteiger charge is -2.03. The fourth-order valence-electron chi connectivity index (χ4n) is 1.62. The predicted molar refractivity (Wildman–Crippen MR) is 67.4 cm³/mol. The van der Waals surface area contributed by atoms with Gasteiger partial charge in [-0.3, -0.25) is 0 Å². The first kappa shape index (κ1) is 10.5. The van der Waals surface area contributed by atoms with Crippen molar-refractivity contribution in [1.82, 2.24) is 15.0 Å². The second kappa shape index (κ2) is 4.29. The van der Waals surface area contributed by atoms with Crippen LogP contribution < -0.4 is 5.73 Å². The van der Waals surface area contributed by atoms with Crippen LogP contribution in [-0.4, -0.2) is 15.0 Å². The third kappa shape index (κ3) is 1.93. The van der Waals surface area contributed by atoms with E-state index in [-0.39, 0.29) is 5.95 Å². The molecule has 0 spiro atoms. The highest BCUT2D eigenvalue weighted by Gasteiger charge is 2.09. The molecule has 2 heterocycles. The van der Waals surface area contributed by atoms with E-state index in [2.05, 4.69) is 15.0 Å². The number of nitrogen functional groups attached to an aromatic ring is 1. The summed E-state index contributed by atoms with van der Waals surface area (Å²) in [5.74, 6) is 1.72. The van der Waals surface area contributed by atoms with E-state index in [9.17, 15) is 0 Å². The van der Waals surface area contributed by atoms with Gasteiger partial charge in [0.2, 0.25) is 11.8 Å². The highest BCUT2D eigenvalue weighted by Crippen LogP contribution is 2.20. The number of hydrogen-bond acceptors (Lipinski definition) is 5. The summed E-state index contributed by atoms with van der Waals surface area (Å²) in [7, 11) is 0. The maximum atomic E-state index is 5.70. The predicted octanol–water partition coefficient (Wildman–Crippen LogP) is 2.38. The van der Waals surface area contributed by atoms with Crippen LogP contribution in [0.1, 0.15) is 0 Å². The van der Waals surface area contributed by atoms with Gasteiger partial charge in [0.15, 0.2) is 11.6 Å². The fraction of sp³-hybridized carbons (Fsp3) is 0. The zero-order chi connectivity index (χ0) is 12.4. The molecular weight excluding hydrogens is 228 g/mol. The van der Waals surface area contributed by atoms with E-state index >= 15 is 0 Å². The van der Waals surface area contributed by atoms with Gasteiger partial charge in [-0.15, -0.1) is 0 Å². The van der Waals surface area contributed by atoms with Crippen molar-refractivity contribution in [2.24, 2.45) is 0 Å². The van der Waals surface area contributed by atoms with Gasteiger partial charge in [-0.05, 0) is 12.1 Å². The largest absolute Gasteiger partial charge is 0.461 e. The summed E-state index contributed by atoms with van der Waals surface area (Å²) in [6.45, 7) is 0. The summed E-state index contributed by atoms with van der Waals surface area (Å²) in [5.41, 5.74) is 6.59. The van der Waals surface area contributed by atoms with Gasteiger partial charge in [0, 0.05) is 5.56 Å². The number of rotatable bonds is 2. The molecule has 0 atom stereocenters. The minimum Gasteiger partial charge on any atom is -0.461 e. The first-order valence-corrected chi connectivity index (χ1v) is 5.44. The van der Waals surface area contributed by atoms with Crippen LogP contribution in [0.15, 0.2) is 53.1 Å². The molecule has 5 nitrogen and oxygen atoms in total. The van der Waals surface area contributed by atoms with Gasteiger partial charge in [-0.1, -0.05) is 30.3 Å². The average molecular weight is 238 g/mol. The van der Waals surface area contributed by atoms with Gasteiger partial charge < -0.3 is 10.2 Å². The highest BCUT2D eigenvalue weighted by molar-refractivity contribution is 5.59. The van der Waals surface area contributed by atoms with Crippen LogP contribution in [0.3, 0.4) is 0 Å². The Labute approximate surface area is 103 Å². The summed E-state index contributed by atoms with van der Waals surface area (Å²) >= 11 is 0. The van der Waals surface area contributed by atoms with Gasteiger partial charge in [-0.25, -0.2) is 4.98 Å². The van der Waals surface area contributed by atoms with Crippen molar-refractivity contribution < 1.29 is 4.42 Å². The molecule has 2 N–H and O–H groups in total. The van der Waals surface area contributed by atoms with Crippen LogP contribution in [0.2, 0.25) is 0 Å². The molecule has 0 saturated heterocycles. The van der Waals surface area contributed by atoms with E-state index in [4.69, 9.17) is 10.2 Å². The van der Waals surface area contributed by atoms with Gasteiger partial charge >= 0.3 is 0 Å². The molecule has 0 unspecified atom stereocenters. The Morgan fingerprint density at radius 3 is 2.33 bits per heavy atom. The molecule has 5 heteroatoms. The first-order chi connectivity index (χ1) is 8.83. The summed E-state index contributed by atoms with van der Waals surface area (Å²) in [4.78, 5) is 12.5. The van der Waals surface area contributed by atoms with E-state index in [0.717, 1.165) is 5.56 Å². The number of nitrogens with zero attached hydrogens (tertiary/aromatic N) is 3. The van der Waals surface area contributed by atoms with Crippen LogP contribution in [0.25, 0.3) is 23.0 Å². The quantitative estimate of drug-likeness (QED) is 0.741. The molecule has 0 amide bonds. The third-order valence-electron chi connectivity index (χ3n) is 2.43. The van der Waals surface area contributed by atoms with E-state index in [1.807, 2.05) is 30.3 Å². The Hall–Kier alpha value is -2.69. The molecule has 0 aliphatic rings. The van der Waals surface area contributed by atoms with Crippen LogP contribution in [0, 0.1) is 0 Å². The van der Waals surface area contributed by atoms with Crippen molar-refractivity contribution in [2.75, 3.05) is 5.73 Å². The van der Waals surface area contributed by atoms with Crippen molar-refractivity contribution >= 4 is 5.95 Å². The maximum Gasteiger partial charge on any atom is 0.224 e. The Kier molecular flexibility index (Phi) is 2.49. The van der Waals surface area contributed by atoms with Gasteiger partial charge in [0.05, 0.1) is 6.26 Å². The Balaban J connectivity index is 2.12. The molecule has 0 bridgehead atoms. The van der Waals surface area contributed by atoms with Crippen molar-refractivity contribution in [3.8, 4) is 23.0 Å². The number of aromatic nitrogens is 3. The smallest absolute Gasteiger partial charge is 0.224 e. The molecule has 1 aromatic carbocycles. The summed E-state index contributed by atoms with van der Waals surface area (Å²) in [5, 5.41) is 0. The number of benzene rings is 1. The number of anilines is 1. The van der Waals surface area contributed by atoms with E-state index in [1.54, 1.807) is 18.4 Å². The third-order valence-corrected chi connectivity index (χ3v) is 2.43. The Morgan fingerprint density at radius 2 is 1.61 bits per heavy atom. The van der Waals surface area contributed by atoms with Crippen LogP contribution in [-0.2, 0) is 0 Å². The molecule has 3 aromatic rings. The summed E-state index contributed by atoms with van der Waals surface area (Å²) in [6.07, 6.45) is 1.57. The molecule has 0 fully saturated rings. The molecule has 0 aliphatic carbocycles. The molecule has 0 saturated carbocycles. The number of furan rings is 1.